The van der Waals surface area contributed by atoms with Crippen LogP contribution in [0.15, 0.2) is 114 Å². The van der Waals surface area contributed by atoms with Crippen LogP contribution in [-0.2, 0) is 5.41 Å². The fourth-order valence-corrected chi connectivity index (χ4v) is 7.26. The summed E-state index contributed by atoms with van der Waals surface area (Å²) in [6, 6.07) is 31.5. The quantitative estimate of drug-likeness (QED) is 0.235. The minimum atomic E-state index is -0.0225. The fourth-order valence-electron chi connectivity index (χ4n) is 7.26. The molecule has 38 heavy (non-hydrogen) atoms. The Morgan fingerprint density at radius 1 is 0.816 bits per heavy atom. The summed E-state index contributed by atoms with van der Waals surface area (Å²) in [4.78, 5) is 5.29. The molecule has 3 aliphatic rings. The number of rotatable bonds is 2. The predicted molar refractivity (Wildman–Crippen MR) is 160 cm³/mol. The van der Waals surface area contributed by atoms with Crippen molar-refractivity contribution in [3.05, 3.63) is 125 Å². The van der Waals surface area contributed by atoms with Crippen molar-refractivity contribution in [3.8, 4) is 11.1 Å². The lowest BCUT2D eigenvalue weighted by Crippen LogP contribution is -2.21. The van der Waals surface area contributed by atoms with Gasteiger partial charge in [-0.2, -0.15) is 0 Å². The number of fused-ring (bicyclic) bond motifs is 8. The lowest BCUT2D eigenvalue weighted by Gasteiger charge is -2.24. The van der Waals surface area contributed by atoms with E-state index < -0.39 is 0 Å². The van der Waals surface area contributed by atoms with E-state index in [2.05, 4.69) is 128 Å². The van der Waals surface area contributed by atoms with Crippen LogP contribution >= 0.6 is 0 Å². The van der Waals surface area contributed by atoms with Crippen LogP contribution < -0.4 is 0 Å². The van der Waals surface area contributed by atoms with Gasteiger partial charge in [0.05, 0.1) is 22.4 Å². The summed E-state index contributed by atoms with van der Waals surface area (Å²) in [6.07, 6.45) is 7.81. The van der Waals surface area contributed by atoms with Gasteiger partial charge in [-0.05, 0) is 58.4 Å². The molecule has 0 radical (unpaired) electrons. The Balaban J connectivity index is 1.48. The maximum Gasteiger partial charge on any atom is 0.104 e. The monoisotopic (exact) mass is 490 g/mol. The van der Waals surface area contributed by atoms with E-state index in [1.807, 2.05) is 0 Å². The summed E-state index contributed by atoms with van der Waals surface area (Å²) < 4.78 is 2.58. The minimum absolute atomic E-state index is 0.0225. The van der Waals surface area contributed by atoms with Crippen molar-refractivity contribution in [2.75, 3.05) is 0 Å². The molecule has 0 bridgehead atoms. The molecule has 4 aromatic carbocycles. The molecular weight excluding hydrogens is 460 g/mol. The SMILES string of the molecule is CC1C=CC=C(C2=Nc3ccccc3[C@@H]2n2c3ccccc3c3c4c(ccc32)C(C)(C)c2ccccc2-4)C1. The van der Waals surface area contributed by atoms with Gasteiger partial charge in [0.2, 0.25) is 0 Å². The first-order chi connectivity index (χ1) is 18.5. The molecule has 1 aliphatic heterocycles. The van der Waals surface area contributed by atoms with E-state index in [-0.39, 0.29) is 11.5 Å². The van der Waals surface area contributed by atoms with Crippen molar-refractivity contribution in [1.82, 2.24) is 4.57 Å². The van der Waals surface area contributed by atoms with Gasteiger partial charge in [-0.15, -0.1) is 0 Å². The minimum Gasteiger partial charge on any atom is -0.327 e. The van der Waals surface area contributed by atoms with E-state index >= 15 is 0 Å². The zero-order chi connectivity index (χ0) is 25.6. The first kappa shape index (κ1) is 21.9. The number of hydrogen-bond acceptors (Lipinski definition) is 1. The number of aromatic nitrogens is 1. The molecule has 2 nitrogen and oxygen atoms in total. The average molecular weight is 491 g/mol. The third-order valence-corrected chi connectivity index (χ3v) is 9.02. The van der Waals surface area contributed by atoms with Gasteiger partial charge < -0.3 is 4.57 Å². The van der Waals surface area contributed by atoms with Gasteiger partial charge in [0.1, 0.15) is 6.04 Å². The van der Waals surface area contributed by atoms with Crippen LogP contribution in [0.25, 0.3) is 32.9 Å². The van der Waals surface area contributed by atoms with Gasteiger partial charge in [0.15, 0.2) is 0 Å². The third-order valence-electron chi connectivity index (χ3n) is 9.02. The van der Waals surface area contributed by atoms with Crippen LogP contribution in [0.2, 0.25) is 0 Å². The molecule has 0 spiro atoms. The Morgan fingerprint density at radius 3 is 2.50 bits per heavy atom. The third kappa shape index (κ3) is 2.81. The number of para-hydroxylation sites is 2. The van der Waals surface area contributed by atoms with Gasteiger partial charge in [-0.25, -0.2) is 0 Å². The van der Waals surface area contributed by atoms with Crippen molar-refractivity contribution >= 4 is 33.2 Å². The Kier molecular flexibility index (Phi) is 4.42. The van der Waals surface area contributed by atoms with Crippen LogP contribution in [0, 0.1) is 5.92 Å². The lowest BCUT2D eigenvalue weighted by molar-refractivity contribution is 0.660. The molecule has 1 unspecified atom stereocenters. The molecule has 0 saturated carbocycles. The van der Waals surface area contributed by atoms with Crippen LogP contribution in [0.5, 0.6) is 0 Å². The normalized spacial score (nSPS) is 20.8. The molecule has 0 saturated heterocycles. The number of nitrogens with zero attached hydrogens (tertiary/aromatic N) is 2. The second-order valence-corrected chi connectivity index (χ2v) is 11.7. The van der Waals surface area contributed by atoms with E-state index in [4.69, 9.17) is 4.99 Å². The highest BCUT2D eigenvalue weighted by Gasteiger charge is 2.39. The standard InChI is InChI=1S/C36H30N2/c1-22-11-10-12-23(21-22)34-35(25-14-5-8-17-29(25)37-34)38-30-18-9-6-15-26(30)33-31(38)20-19-28-32(33)24-13-4-7-16-27(24)36(28,2)3/h4-20,22,35H,21H2,1-3H3/t22?,35-/m0/s1. The Hall–Kier alpha value is -4.17. The van der Waals surface area contributed by atoms with Crippen molar-refractivity contribution in [1.29, 1.82) is 0 Å². The van der Waals surface area contributed by atoms with Crippen LogP contribution in [0.4, 0.5) is 5.69 Å². The van der Waals surface area contributed by atoms with Gasteiger partial charge in [0.25, 0.3) is 0 Å². The van der Waals surface area contributed by atoms with E-state index in [1.165, 1.54) is 60.9 Å². The zero-order valence-electron chi connectivity index (χ0n) is 22.1. The Labute approximate surface area is 223 Å². The van der Waals surface area contributed by atoms with Crippen LogP contribution in [0.1, 0.15) is 49.9 Å². The predicted octanol–water partition coefficient (Wildman–Crippen LogP) is 9.30. The molecule has 0 amide bonds. The van der Waals surface area contributed by atoms with Gasteiger partial charge in [-0.1, -0.05) is 106 Å². The molecule has 8 rings (SSSR count). The second-order valence-electron chi connectivity index (χ2n) is 11.7. The molecule has 2 heterocycles. The largest absolute Gasteiger partial charge is 0.327 e. The second kappa shape index (κ2) is 7.68. The van der Waals surface area contributed by atoms with Gasteiger partial charge in [0, 0.05) is 21.8 Å². The van der Waals surface area contributed by atoms with Crippen molar-refractivity contribution in [2.24, 2.45) is 10.9 Å². The summed E-state index contributed by atoms with van der Waals surface area (Å²) in [5.74, 6) is 0.516. The molecule has 2 heteroatoms. The lowest BCUT2D eigenvalue weighted by atomic mass is 9.82. The topological polar surface area (TPSA) is 17.3 Å². The number of allylic oxidation sites excluding steroid dienone is 4. The van der Waals surface area contributed by atoms with E-state index in [0.29, 0.717) is 5.92 Å². The summed E-state index contributed by atoms with van der Waals surface area (Å²) in [5, 5.41) is 2.69. The summed E-state index contributed by atoms with van der Waals surface area (Å²) in [6.45, 7) is 7.03. The number of hydrogen-bond donors (Lipinski definition) is 0. The molecule has 184 valence electrons. The van der Waals surface area contributed by atoms with Gasteiger partial charge >= 0.3 is 0 Å². The molecule has 2 aliphatic carbocycles. The highest BCUT2D eigenvalue weighted by molar-refractivity contribution is 6.19. The molecule has 0 fully saturated rings. The highest BCUT2D eigenvalue weighted by atomic mass is 15.1. The van der Waals surface area contributed by atoms with Crippen molar-refractivity contribution < 1.29 is 0 Å². The highest BCUT2D eigenvalue weighted by Crippen LogP contribution is 2.54. The first-order valence-electron chi connectivity index (χ1n) is 13.8. The van der Waals surface area contributed by atoms with Gasteiger partial charge in [-0.3, -0.25) is 4.99 Å². The summed E-state index contributed by atoms with van der Waals surface area (Å²) >= 11 is 0. The molecule has 5 aromatic rings. The van der Waals surface area contributed by atoms with Crippen molar-refractivity contribution in [2.45, 2.75) is 38.6 Å². The molecule has 0 N–H and O–H groups in total. The molecular formula is C36H30N2. The zero-order valence-corrected chi connectivity index (χ0v) is 22.1. The fraction of sp³-hybridized carbons (Fsp3) is 0.194. The van der Waals surface area contributed by atoms with Crippen LogP contribution in [-0.4, -0.2) is 10.3 Å². The molecule has 2 atom stereocenters. The Morgan fingerprint density at radius 2 is 1.61 bits per heavy atom. The number of aliphatic imine (C=N–C) groups is 1. The van der Waals surface area contributed by atoms with E-state index in [9.17, 15) is 0 Å². The smallest absolute Gasteiger partial charge is 0.104 e. The number of benzene rings is 4. The maximum absolute atomic E-state index is 5.29. The molecule has 1 aromatic heterocycles. The van der Waals surface area contributed by atoms with E-state index in [1.54, 1.807) is 0 Å². The summed E-state index contributed by atoms with van der Waals surface area (Å²) in [7, 11) is 0. The maximum atomic E-state index is 5.29. The first-order valence-corrected chi connectivity index (χ1v) is 13.8. The van der Waals surface area contributed by atoms with E-state index in [0.717, 1.165) is 12.1 Å². The van der Waals surface area contributed by atoms with Crippen LogP contribution in [0.3, 0.4) is 0 Å². The summed E-state index contributed by atoms with van der Waals surface area (Å²) in [5.41, 5.74) is 13.1. The Bertz CT molecular complexity index is 1890. The van der Waals surface area contributed by atoms with Crippen molar-refractivity contribution in [3.63, 3.8) is 0 Å². The average Bonchev–Trinajstić information content (AvgIpc) is 3.55.